The maximum absolute atomic E-state index is 13.5. The minimum absolute atomic E-state index is 0.0129. The van der Waals surface area contributed by atoms with Gasteiger partial charge in [0.05, 0.1) is 23.7 Å². The summed E-state index contributed by atoms with van der Waals surface area (Å²) in [5, 5.41) is 0.466. The van der Waals surface area contributed by atoms with E-state index in [1.54, 1.807) is 12.1 Å². The minimum Gasteiger partial charge on any atom is -0.456 e. The molecule has 4 aliphatic carbocycles. The van der Waals surface area contributed by atoms with Crippen molar-refractivity contribution in [1.82, 2.24) is 9.80 Å². The fourth-order valence-corrected chi connectivity index (χ4v) is 8.45. The van der Waals surface area contributed by atoms with E-state index in [1.807, 2.05) is 12.2 Å². The van der Waals surface area contributed by atoms with Crippen LogP contribution in [0.1, 0.15) is 42.5 Å². The molecule has 0 unspecified atom stereocenters. The van der Waals surface area contributed by atoms with Crippen LogP contribution in [0, 0.1) is 47.3 Å². The molecule has 0 aromatic heterocycles. The van der Waals surface area contributed by atoms with Crippen LogP contribution in [-0.4, -0.2) is 64.4 Å². The number of hydrogen-bond donors (Lipinski definition) is 0. The van der Waals surface area contributed by atoms with Crippen molar-refractivity contribution >= 4 is 47.0 Å². The molecule has 4 amide bonds. The molecule has 1 aromatic carbocycles. The number of benzene rings is 1. The summed E-state index contributed by atoms with van der Waals surface area (Å²) in [7, 11) is 0. The van der Waals surface area contributed by atoms with Gasteiger partial charge in [-0.05, 0) is 80.0 Å². The molecule has 9 nitrogen and oxygen atoms in total. The molecular formula is C32H31ClN2O7. The summed E-state index contributed by atoms with van der Waals surface area (Å²) in [6.07, 6.45) is 10.6. The first-order valence-electron chi connectivity index (χ1n) is 14.8. The third-order valence-corrected chi connectivity index (χ3v) is 10.5. The van der Waals surface area contributed by atoms with Gasteiger partial charge in [0, 0.05) is 17.1 Å². The zero-order chi connectivity index (χ0) is 29.3. The van der Waals surface area contributed by atoms with Crippen molar-refractivity contribution in [1.29, 1.82) is 0 Å². The van der Waals surface area contributed by atoms with Crippen LogP contribution in [0.3, 0.4) is 0 Å². The zero-order valence-corrected chi connectivity index (χ0v) is 23.7. The summed E-state index contributed by atoms with van der Waals surface area (Å²) in [6, 6.07) is 5.00. The number of esters is 1. The van der Waals surface area contributed by atoms with E-state index in [0.717, 1.165) is 17.7 Å². The van der Waals surface area contributed by atoms with Gasteiger partial charge in [-0.1, -0.05) is 35.9 Å². The molecule has 0 spiro atoms. The highest BCUT2D eigenvalue weighted by Gasteiger charge is 2.61. The van der Waals surface area contributed by atoms with Crippen molar-refractivity contribution in [2.75, 3.05) is 13.2 Å². The first-order valence-corrected chi connectivity index (χ1v) is 15.2. The number of fused-ring (bicyclic) bond motifs is 10. The van der Waals surface area contributed by atoms with E-state index in [9.17, 15) is 28.8 Å². The van der Waals surface area contributed by atoms with Gasteiger partial charge in [0.2, 0.25) is 23.6 Å². The van der Waals surface area contributed by atoms with Crippen LogP contribution in [0.5, 0.6) is 0 Å². The molecule has 0 N–H and O–H groups in total. The smallest absolute Gasteiger partial charge is 0.329 e. The normalized spacial score (nSPS) is 34.1. The highest BCUT2D eigenvalue weighted by Crippen LogP contribution is 2.54. The van der Waals surface area contributed by atoms with Gasteiger partial charge in [-0.15, -0.1) is 0 Å². The van der Waals surface area contributed by atoms with Crippen molar-refractivity contribution in [2.24, 2.45) is 47.3 Å². The second kappa shape index (κ2) is 10.3. The quantitative estimate of drug-likeness (QED) is 0.135. The lowest BCUT2D eigenvalue weighted by atomic mass is 9.85. The summed E-state index contributed by atoms with van der Waals surface area (Å²) in [6.45, 7) is -0.315. The molecule has 1 aromatic rings. The number of imide groups is 2. The van der Waals surface area contributed by atoms with Gasteiger partial charge in [0.15, 0.2) is 12.4 Å². The number of likely N-dealkylation sites (tertiary alicyclic amines) is 2. The molecule has 42 heavy (non-hydrogen) atoms. The largest absolute Gasteiger partial charge is 0.456 e. The first-order chi connectivity index (χ1) is 20.2. The number of ketones is 1. The molecule has 9 atom stereocenters. The maximum atomic E-state index is 13.5. The van der Waals surface area contributed by atoms with Gasteiger partial charge in [0.25, 0.3) is 0 Å². The number of carbonyl (C=O) groups excluding carboxylic acids is 6. The fourth-order valence-electron chi connectivity index (χ4n) is 8.33. The van der Waals surface area contributed by atoms with Crippen LogP contribution in [0.4, 0.5) is 0 Å². The molecular weight excluding hydrogens is 560 g/mol. The zero-order valence-electron chi connectivity index (χ0n) is 22.9. The molecule has 2 aliphatic heterocycles. The van der Waals surface area contributed by atoms with Gasteiger partial charge >= 0.3 is 5.97 Å². The number of carbonyl (C=O) groups is 6. The summed E-state index contributed by atoms with van der Waals surface area (Å²) in [4.78, 5) is 81.5. The van der Waals surface area contributed by atoms with Crippen molar-refractivity contribution in [3.8, 4) is 0 Å². The van der Waals surface area contributed by atoms with Crippen LogP contribution in [-0.2, 0) is 28.7 Å². The van der Waals surface area contributed by atoms with E-state index < -0.39 is 36.2 Å². The van der Waals surface area contributed by atoms with Crippen LogP contribution >= 0.6 is 11.6 Å². The molecule has 4 fully saturated rings. The number of hydrogen-bond acceptors (Lipinski definition) is 7. The lowest BCUT2D eigenvalue weighted by Crippen LogP contribution is -2.47. The molecule has 218 valence electrons. The van der Waals surface area contributed by atoms with E-state index in [4.69, 9.17) is 16.3 Å². The second-order valence-electron chi connectivity index (χ2n) is 12.4. The molecule has 2 heterocycles. The summed E-state index contributed by atoms with van der Waals surface area (Å²) in [5.41, 5.74) is 0.322. The SMILES string of the molecule is O=C(COC(=O)[C@H](CCCCN1C(=O)[C@H]2[C@H](C1=O)[C@H]1C=C[C@H]2C1)N1C(=O)[C@@H]2[C@H](C1=O)[C@H]1C=C[C@H]2C1)c1ccc(Cl)cc1. The van der Waals surface area contributed by atoms with E-state index in [2.05, 4.69) is 12.2 Å². The standard InChI is InChI=1S/C32H31ClN2O7/c33-21-10-8-16(9-11-21)23(36)15-42-32(41)22(35-30(39)26-19-6-7-20(14-19)27(26)31(35)40)3-1-2-12-34-28(37)24-17-4-5-18(13-17)25(24)29(34)38/h4-11,17-20,22,24-27H,1-3,12-15H2/t17-,18-,19-,20-,22-,24+,25+,26-,27+/m0/s1. The monoisotopic (exact) mass is 590 g/mol. The highest BCUT2D eigenvalue weighted by molar-refractivity contribution is 6.30. The highest BCUT2D eigenvalue weighted by atomic mass is 35.5. The van der Waals surface area contributed by atoms with Crippen molar-refractivity contribution in [3.05, 3.63) is 59.2 Å². The second-order valence-corrected chi connectivity index (χ2v) is 12.9. The molecule has 0 radical (unpaired) electrons. The Morgan fingerprint density at radius 3 is 1.79 bits per heavy atom. The van der Waals surface area contributed by atoms with Gasteiger partial charge in [-0.3, -0.25) is 33.8 Å². The Morgan fingerprint density at radius 2 is 1.26 bits per heavy atom. The Balaban J connectivity index is 1.02. The number of Topliss-reactive ketones (excluding diaryl/α,β-unsaturated/α-hetero) is 1. The molecule has 6 aliphatic rings. The first kappa shape index (κ1) is 27.3. The third-order valence-electron chi connectivity index (χ3n) is 10.3. The number of nitrogens with zero attached hydrogens (tertiary/aromatic N) is 2. The number of rotatable bonds is 10. The number of amides is 4. The summed E-state index contributed by atoms with van der Waals surface area (Å²) in [5.74, 6) is -3.47. The van der Waals surface area contributed by atoms with E-state index >= 15 is 0 Å². The predicted octanol–water partition coefficient (Wildman–Crippen LogP) is 3.22. The van der Waals surface area contributed by atoms with E-state index in [-0.39, 0.29) is 72.1 Å². The summed E-state index contributed by atoms with van der Waals surface area (Å²) >= 11 is 5.89. The average Bonchev–Trinajstić information content (AvgIpc) is 3.83. The Morgan fingerprint density at radius 1 is 0.762 bits per heavy atom. The van der Waals surface area contributed by atoms with Crippen LogP contribution in [0.15, 0.2) is 48.6 Å². The molecule has 7 rings (SSSR count). The Labute approximate surface area is 247 Å². The molecule has 10 heteroatoms. The van der Waals surface area contributed by atoms with Crippen molar-refractivity contribution in [2.45, 2.75) is 38.1 Å². The molecule has 2 saturated heterocycles. The van der Waals surface area contributed by atoms with Gasteiger partial charge in [-0.2, -0.15) is 0 Å². The van der Waals surface area contributed by atoms with Crippen molar-refractivity contribution in [3.63, 3.8) is 0 Å². The fraction of sp³-hybridized carbons (Fsp3) is 0.500. The Kier molecular flexibility index (Phi) is 6.68. The molecule has 2 saturated carbocycles. The number of ether oxygens (including phenoxy) is 1. The number of unbranched alkanes of at least 4 members (excludes halogenated alkanes) is 1. The van der Waals surface area contributed by atoms with Crippen molar-refractivity contribution < 1.29 is 33.5 Å². The third kappa shape index (κ3) is 4.19. The van der Waals surface area contributed by atoms with Gasteiger partial charge < -0.3 is 4.74 Å². The maximum Gasteiger partial charge on any atom is 0.329 e. The van der Waals surface area contributed by atoms with E-state index in [1.165, 1.54) is 17.0 Å². The lowest BCUT2D eigenvalue weighted by Gasteiger charge is -2.26. The number of allylic oxidation sites excluding steroid dienone is 4. The average molecular weight is 591 g/mol. The number of halogens is 1. The lowest BCUT2D eigenvalue weighted by molar-refractivity contribution is -0.159. The predicted molar refractivity (Wildman–Crippen MR) is 148 cm³/mol. The van der Waals surface area contributed by atoms with Gasteiger partial charge in [-0.25, -0.2) is 4.79 Å². The van der Waals surface area contributed by atoms with E-state index in [0.29, 0.717) is 23.4 Å². The Hall–Kier alpha value is -3.59. The van der Waals surface area contributed by atoms with Crippen LogP contribution in [0.2, 0.25) is 5.02 Å². The van der Waals surface area contributed by atoms with Gasteiger partial charge in [0.1, 0.15) is 6.04 Å². The van der Waals surface area contributed by atoms with Crippen LogP contribution in [0.25, 0.3) is 0 Å². The molecule has 4 bridgehead atoms. The summed E-state index contributed by atoms with van der Waals surface area (Å²) < 4.78 is 5.39. The Bertz CT molecular complexity index is 1390. The minimum atomic E-state index is -1.18. The van der Waals surface area contributed by atoms with Crippen LogP contribution < -0.4 is 0 Å². The topological polar surface area (TPSA) is 118 Å².